The van der Waals surface area contributed by atoms with Crippen molar-refractivity contribution in [3.05, 3.63) is 23.5 Å². The molecule has 3 heteroatoms. The first kappa shape index (κ1) is 14.8. The van der Waals surface area contributed by atoms with Crippen LogP contribution < -0.4 is 0 Å². The van der Waals surface area contributed by atoms with E-state index >= 15 is 0 Å². The summed E-state index contributed by atoms with van der Waals surface area (Å²) in [6.07, 6.45) is 8.24. The molecule has 1 atom stereocenters. The number of rotatable bonds is 6. The van der Waals surface area contributed by atoms with Crippen LogP contribution >= 0.6 is 0 Å². The minimum atomic E-state index is -0.389. The largest absolute Gasteiger partial charge is 0.487 e. The highest BCUT2D eigenvalue weighted by Gasteiger charge is 2.36. The number of unbranched alkanes of at least 4 members (excludes halogenated alkanes) is 2. The number of ether oxygens (including phenoxy) is 2. The van der Waals surface area contributed by atoms with Crippen LogP contribution in [0.4, 0.5) is 0 Å². The van der Waals surface area contributed by atoms with Crippen LogP contribution in [0.25, 0.3) is 0 Å². The zero-order valence-electron chi connectivity index (χ0n) is 11.9. The molecule has 0 spiro atoms. The molecule has 1 aliphatic rings. The normalized spacial score (nSPS) is 23.6. The number of esters is 1. The zero-order valence-corrected chi connectivity index (χ0v) is 11.9. The van der Waals surface area contributed by atoms with Crippen molar-refractivity contribution >= 4 is 5.97 Å². The van der Waals surface area contributed by atoms with Crippen LogP contribution in [-0.2, 0) is 14.3 Å². The molecular formula is C15H24O3. The van der Waals surface area contributed by atoms with Gasteiger partial charge in [-0.15, -0.1) is 0 Å². The molecule has 0 fully saturated rings. The van der Waals surface area contributed by atoms with Crippen molar-refractivity contribution in [2.24, 2.45) is 0 Å². The molecule has 1 unspecified atom stereocenters. The Morgan fingerprint density at radius 1 is 1.50 bits per heavy atom. The van der Waals surface area contributed by atoms with E-state index in [9.17, 15) is 4.79 Å². The molecule has 102 valence electrons. The molecule has 0 saturated heterocycles. The van der Waals surface area contributed by atoms with E-state index in [1.165, 1.54) is 12.8 Å². The lowest BCUT2D eigenvalue weighted by atomic mass is 9.97. The second-order valence-electron chi connectivity index (χ2n) is 4.89. The molecule has 0 aromatic rings. The topological polar surface area (TPSA) is 35.5 Å². The molecule has 0 amide bonds. The van der Waals surface area contributed by atoms with Crippen LogP contribution in [0.3, 0.4) is 0 Å². The van der Waals surface area contributed by atoms with Gasteiger partial charge in [-0.3, -0.25) is 0 Å². The van der Waals surface area contributed by atoms with Gasteiger partial charge in [0.15, 0.2) is 0 Å². The summed E-state index contributed by atoms with van der Waals surface area (Å²) in [7, 11) is 0. The van der Waals surface area contributed by atoms with Gasteiger partial charge in [0.05, 0.1) is 12.2 Å². The van der Waals surface area contributed by atoms with Gasteiger partial charge in [0.25, 0.3) is 0 Å². The molecule has 1 heterocycles. The maximum absolute atomic E-state index is 11.7. The Hall–Kier alpha value is -1.25. The standard InChI is InChI=1S/C15H24O3/c1-5-7-8-9-10-15(4)11-13(12(3)18-15)14(16)17-6-2/h9-10H,5-8,11H2,1-4H3/b10-9+. The second kappa shape index (κ2) is 6.62. The fourth-order valence-corrected chi connectivity index (χ4v) is 2.10. The minimum absolute atomic E-state index is 0.249. The summed E-state index contributed by atoms with van der Waals surface area (Å²) in [4.78, 5) is 11.7. The third kappa shape index (κ3) is 3.90. The second-order valence-corrected chi connectivity index (χ2v) is 4.89. The van der Waals surface area contributed by atoms with Gasteiger partial charge in [0.2, 0.25) is 0 Å². The van der Waals surface area contributed by atoms with Crippen molar-refractivity contribution in [1.82, 2.24) is 0 Å². The summed E-state index contributed by atoms with van der Waals surface area (Å²) < 4.78 is 10.8. The van der Waals surface area contributed by atoms with E-state index in [1.807, 2.05) is 20.8 Å². The van der Waals surface area contributed by atoms with Gasteiger partial charge >= 0.3 is 5.97 Å². The zero-order chi connectivity index (χ0) is 13.6. The Morgan fingerprint density at radius 3 is 2.83 bits per heavy atom. The van der Waals surface area contributed by atoms with Gasteiger partial charge in [0, 0.05) is 6.42 Å². The number of hydrogen-bond acceptors (Lipinski definition) is 3. The third-order valence-corrected chi connectivity index (χ3v) is 3.06. The fourth-order valence-electron chi connectivity index (χ4n) is 2.10. The summed E-state index contributed by atoms with van der Waals surface area (Å²) >= 11 is 0. The Morgan fingerprint density at radius 2 is 2.22 bits per heavy atom. The highest BCUT2D eigenvalue weighted by atomic mass is 16.5. The van der Waals surface area contributed by atoms with Gasteiger partial charge in [-0.05, 0) is 33.3 Å². The van der Waals surface area contributed by atoms with Crippen molar-refractivity contribution in [1.29, 1.82) is 0 Å². The van der Waals surface area contributed by atoms with E-state index in [4.69, 9.17) is 9.47 Å². The molecule has 18 heavy (non-hydrogen) atoms. The summed E-state index contributed by atoms with van der Waals surface area (Å²) in [5.74, 6) is 0.441. The van der Waals surface area contributed by atoms with Crippen molar-refractivity contribution in [3.8, 4) is 0 Å². The Labute approximate surface area is 110 Å². The lowest BCUT2D eigenvalue weighted by Crippen LogP contribution is -2.21. The Bertz CT molecular complexity index is 355. The van der Waals surface area contributed by atoms with E-state index in [0.29, 0.717) is 24.4 Å². The molecule has 0 saturated carbocycles. The first-order chi connectivity index (χ1) is 8.52. The predicted octanol–water partition coefficient (Wildman–Crippen LogP) is 3.75. The maximum Gasteiger partial charge on any atom is 0.337 e. The summed E-state index contributed by atoms with van der Waals surface area (Å²) in [5.41, 5.74) is 0.277. The van der Waals surface area contributed by atoms with Crippen molar-refractivity contribution in [2.75, 3.05) is 6.61 Å². The third-order valence-electron chi connectivity index (χ3n) is 3.06. The molecule has 1 rings (SSSR count). The predicted molar refractivity (Wildman–Crippen MR) is 72.1 cm³/mol. The van der Waals surface area contributed by atoms with Crippen LogP contribution in [0, 0.1) is 0 Å². The van der Waals surface area contributed by atoms with Crippen LogP contribution in [0.5, 0.6) is 0 Å². The van der Waals surface area contributed by atoms with Crippen LogP contribution in [0.15, 0.2) is 23.5 Å². The lowest BCUT2D eigenvalue weighted by Gasteiger charge is -2.20. The van der Waals surface area contributed by atoms with Gasteiger partial charge < -0.3 is 9.47 Å². The molecule has 1 aliphatic heterocycles. The average Bonchev–Trinajstić information content (AvgIpc) is 2.61. The molecule has 0 aromatic carbocycles. The molecule has 0 aromatic heterocycles. The average molecular weight is 252 g/mol. The number of allylic oxidation sites excluding steroid dienone is 2. The van der Waals surface area contributed by atoms with E-state index in [-0.39, 0.29) is 11.6 Å². The molecule has 3 nitrogen and oxygen atoms in total. The first-order valence-corrected chi connectivity index (χ1v) is 6.76. The number of carbonyl (C=O) groups excluding carboxylic acids is 1. The van der Waals surface area contributed by atoms with E-state index in [0.717, 1.165) is 6.42 Å². The highest BCUT2D eigenvalue weighted by Crippen LogP contribution is 2.35. The van der Waals surface area contributed by atoms with Gasteiger partial charge in [-0.25, -0.2) is 4.79 Å². The first-order valence-electron chi connectivity index (χ1n) is 6.76. The molecule has 0 aliphatic carbocycles. The molecule has 0 radical (unpaired) electrons. The Kier molecular flexibility index (Phi) is 5.45. The van der Waals surface area contributed by atoms with Crippen molar-refractivity contribution in [3.63, 3.8) is 0 Å². The van der Waals surface area contributed by atoms with Crippen molar-refractivity contribution in [2.45, 2.75) is 59.0 Å². The van der Waals surface area contributed by atoms with Crippen LogP contribution in [0.1, 0.15) is 53.4 Å². The Balaban J connectivity index is 2.60. The number of hydrogen-bond donors (Lipinski definition) is 0. The maximum atomic E-state index is 11.7. The lowest BCUT2D eigenvalue weighted by molar-refractivity contribution is -0.138. The van der Waals surface area contributed by atoms with Crippen molar-refractivity contribution < 1.29 is 14.3 Å². The summed E-state index contributed by atoms with van der Waals surface area (Å²) in [6, 6.07) is 0. The monoisotopic (exact) mass is 252 g/mol. The van der Waals surface area contributed by atoms with Crippen LogP contribution in [-0.4, -0.2) is 18.2 Å². The van der Waals surface area contributed by atoms with Crippen LogP contribution in [0.2, 0.25) is 0 Å². The highest BCUT2D eigenvalue weighted by molar-refractivity contribution is 5.89. The quantitative estimate of drug-likeness (QED) is 0.410. The minimum Gasteiger partial charge on any atom is -0.487 e. The van der Waals surface area contributed by atoms with Gasteiger partial charge in [-0.2, -0.15) is 0 Å². The molecule has 0 N–H and O–H groups in total. The number of carbonyl (C=O) groups is 1. The van der Waals surface area contributed by atoms with Gasteiger partial charge in [-0.1, -0.05) is 25.8 Å². The fraction of sp³-hybridized carbons (Fsp3) is 0.667. The summed E-state index contributed by atoms with van der Waals surface area (Å²) in [5, 5.41) is 0. The van der Waals surface area contributed by atoms with E-state index in [1.54, 1.807) is 0 Å². The van der Waals surface area contributed by atoms with E-state index in [2.05, 4.69) is 19.1 Å². The van der Waals surface area contributed by atoms with E-state index < -0.39 is 0 Å². The summed E-state index contributed by atoms with van der Waals surface area (Å²) in [6.45, 7) is 8.22. The smallest absolute Gasteiger partial charge is 0.337 e. The SMILES string of the molecule is CCCC/C=C/C1(C)CC(C(=O)OCC)=C(C)O1. The molecular weight excluding hydrogens is 228 g/mol. The molecule has 0 bridgehead atoms. The van der Waals surface area contributed by atoms with Gasteiger partial charge in [0.1, 0.15) is 11.4 Å².